The summed E-state index contributed by atoms with van der Waals surface area (Å²) in [5, 5.41) is 8.21. The second-order valence-electron chi connectivity index (χ2n) is 6.92. The van der Waals surface area contributed by atoms with E-state index in [9.17, 15) is 4.79 Å². The van der Waals surface area contributed by atoms with Gasteiger partial charge in [-0.05, 0) is 46.2 Å². The summed E-state index contributed by atoms with van der Waals surface area (Å²) in [6.07, 6.45) is 1.74. The van der Waals surface area contributed by atoms with Crippen molar-refractivity contribution in [1.82, 2.24) is 20.1 Å². The second kappa shape index (κ2) is 6.67. The molecule has 0 aliphatic rings. The van der Waals surface area contributed by atoms with Crippen LogP contribution in [0.4, 0.5) is 0 Å². The lowest BCUT2D eigenvalue weighted by molar-refractivity contribution is 0.0944. The molecule has 5 nitrogen and oxygen atoms in total. The summed E-state index contributed by atoms with van der Waals surface area (Å²) >= 11 is 0. The number of pyridine rings is 1. The molecule has 0 spiro atoms. The highest BCUT2D eigenvalue weighted by atomic mass is 16.1. The molecule has 25 heavy (non-hydrogen) atoms. The van der Waals surface area contributed by atoms with E-state index in [0.717, 1.165) is 27.9 Å². The highest BCUT2D eigenvalue weighted by Crippen LogP contribution is 2.28. The lowest BCUT2D eigenvalue weighted by Crippen LogP contribution is -2.30. The number of carbonyl (C=O) groups is 1. The van der Waals surface area contributed by atoms with Crippen LogP contribution in [0.5, 0.6) is 0 Å². The van der Waals surface area contributed by atoms with E-state index in [0.29, 0.717) is 5.56 Å². The van der Waals surface area contributed by atoms with Gasteiger partial charge in [0.15, 0.2) is 5.65 Å². The van der Waals surface area contributed by atoms with Crippen molar-refractivity contribution in [3.63, 3.8) is 0 Å². The van der Waals surface area contributed by atoms with Gasteiger partial charge in [-0.25, -0.2) is 9.67 Å². The first-order valence-electron chi connectivity index (χ1n) is 8.63. The van der Waals surface area contributed by atoms with Crippen LogP contribution in [0, 0.1) is 6.92 Å². The Balaban J connectivity index is 2.27. The standard InChI is InChI=1S/C20H24N4O/c1-12(2)22-20(25)16-10-18(15-9-7-6-8-14(15)5)23-19-17(16)11-21-24(19)13(3)4/h6-13H,1-5H3,(H,22,25). The number of nitrogens with zero attached hydrogens (tertiary/aromatic N) is 3. The Morgan fingerprint density at radius 3 is 2.52 bits per heavy atom. The molecular formula is C20H24N4O. The molecule has 1 N–H and O–H groups in total. The average molecular weight is 336 g/mol. The molecule has 2 heterocycles. The van der Waals surface area contributed by atoms with Gasteiger partial charge in [0.25, 0.3) is 5.91 Å². The first-order chi connectivity index (χ1) is 11.9. The molecular weight excluding hydrogens is 312 g/mol. The van der Waals surface area contributed by atoms with E-state index in [1.54, 1.807) is 6.20 Å². The van der Waals surface area contributed by atoms with Gasteiger partial charge >= 0.3 is 0 Å². The van der Waals surface area contributed by atoms with E-state index in [2.05, 4.69) is 37.3 Å². The number of fused-ring (bicyclic) bond motifs is 1. The monoisotopic (exact) mass is 336 g/mol. The van der Waals surface area contributed by atoms with E-state index in [-0.39, 0.29) is 18.0 Å². The molecule has 0 fully saturated rings. The minimum Gasteiger partial charge on any atom is -0.350 e. The maximum atomic E-state index is 12.7. The average Bonchev–Trinajstić information content (AvgIpc) is 2.97. The third-order valence-electron chi connectivity index (χ3n) is 4.14. The number of rotatable bonds is 4. The van der Waals surface area contributed by atoms with Gasteiger partial charge in [-0.2, -0.15) is 5.10 Å². The summed E-state index contributed by atoms with van der Waals surface area (Å²) in [5.74, 6) is -0.0967. The molecule has 0 atom stereocenters. The van der Waals surface area contributed by atoms with Crippen molar-refractivity contribution in [3.8, 4) is 11.3 Å². The third kappa shape index (κ3) is 3.27. The minimum atomic E-state index is -0.0967. The minimum absolute atomic E-state index is 0.0674. The van der Waals surface area contributed by atoms with Crippen molar-refractivity contribution in [3.05, 3.63) is 47.7 Å². The molecule has 0 aliphatic heterocycles. The summed E-state index contributed by atoms with van der Waals surface area (Å²) < 4.78 is 1.86. The van der Waals surface area contributed by atoms with Crippen LogP contribution in [0.25, 0.3) is 22.3 Å². The zero-order chi connectivity index (χ0) is 18.1. The fourth-order valence-electron chi connectivity index (χ4n) is 2.92. The van der Waals surface area contributed by atoms with E-state index in [1.165, 1.54) is 0 Å². The molecule has 0 bridgehead atoms. The van der Waals surface area contributed by atoms with Crippen molar-refractivity contribution in [2.75, 3.05) is 0 Å². The van der Waals surface area contributed by atoms with Gasteiger partial charge in [-0.15, -0.1) is 0 Å². The molecule has 0 saturated heterocycles. The molecule has 1 amide bonds. The largest absolute Gasteiger partial charge is 0.350 e. The fraction of sp³-hybridized carbons (Fsp3) is 0.350. The number of aromatic nitrogens is 3. The Hall–Kier alpha value is -2.69. The number of nitrogens with one attached hydrogen (secondary N) is 1. The van der Waals surface area contributed by atoms with Gasteiger partial charge in [0.2, 0.25) is 0 Å². The summed E-state index contributed by atoms with van der Waals surface area (Å²) in [5.41, 5.74) is 4.30. The first kappa shape index (κ1) is 17.1. The lowest BCUT2D eigenvalue weighted by Gasteiger charge is -2.13. The number of hydrogen-bond acceptors (Lipinski definition) is 3. The van der Waals surface area contributed by atoms with E-state index in [1.807, 2.05) is 42.8 Å². The van der Waals surface area contributed by atoms with Gasteiger partial charge in [0.1, 0.15) is 0 Å². The number of hydrogen-bond donors (Lipinski definition) is 1. The van der Waals surface area contributed by atoms with E-state index >= 15 is 0 Å². The smallest absolute Gasteiger partial charge is 0.252 e. The van der Waals surface area contributed by atoms with Crippen LogP contribution < -0.4 is 5.32 Å². The highest BCUT2D eigenvalue weighted by Gasteiger charge is 2.19. The maximum Gasteiger partial charge on any atom is 0.252 e. The molecule has 3 rings (SSSR count). The van der Waals surface area contributed by atoms with Crippen LogP contribution in [0.15, 0.2) is 36.5 Å². The van der Waals surface area contributed by atoms with Crippen LogP contribution in [0.1, 0.15) is 49.7 Å². The van der Waals surface area contributed by atoms with Gasteiger partial charge in [-0.1, -0.05) is 24.3 Å². The Morgan fingerprint density at radius 2 is 1.88 bits per heavy atom. The number of benzene rings is 1. The summed E-state index contributed by atoms with van der Waals surface area (Å²) in [7, 11) is 0. The van der Waals surface area contributed by atoms with Crippen molar-refractivity contribution in [1.29, 1.82) is 0 Å². The van der Waals surface area contributed by atoms with Crippen LogP contribution in [-0.4, -0.2) is 26.7 Å². The van der Waals surface area contributed by atoms with Crippen molar-refractivity contribution in [2.24, 2.45) is 0 Å². The Kier molecular flexibility index (Phi) is 4.57. The van der Waals surface area contributed by atoms with Crippen molar-refractivity contribution >= 4 is 16.9 Å². The first-order valence-corrected chi connectivity index (χ1v) is 8.63. The predicted molar refractivity (Wildman–Crippen MR) is 101 cm³/mol. The van der Waals surface area contributed by atoms with E-state index in [4.69, 9.17) is 4.98 Å². The molecule has 0 aliphatic carbocycles. The van der Waals surface area contributed by atoms with Crippen LogP contribution in [0.3, 0.4) is 0 Å². The van der Waals surface area contributed by atoms with Crippen LogP contribution in [-0.2, 0) is 0 Å². The maximum absolute atomic E-state index is 12.7. The molecule has 2 aromatic heterocycles. The highest BCUT2D eigenvalue weighted by molar-refractivity contribution is 6.06. The molecule has 0 unspecified atom stereocenters. The number of carbonyl (C=O) groups excluding carboxylic acids is 1. The van der Waals surface area contributed by atoms with Gasteiger partial charge < -0.3 is 5.32 Å². The summed E-state index contributed by atoms with van der Waals surface area (Å²) in [4.78, 5) is 17.6. The Morgan fingerprint density at radius 1 is 1.16 bits per heavy atom. The zero-order valence-electron chi connectivity index (χ0n) is 15.4. The molecule has 3 aromatic rings. The summed E-state index contributed by atoms with van der Waals surface area (Å²) in [6, 6.07) is 10.2. The van der Waals surface area contributed by atoms with Crippen LogP contribution >= 0.6 is 0 Å². The second-order valence-corrected chi connectivity index (χ2v) is 6.92. The topological polar surface area (TPSA) is 59.8 Å². The zero-order valence-corrected chi connectivity index (χ0v) is 15.4. The Bertz CT molecular complexity index is 925. The summed E-state index contributed by atoms with van der Waals surface area (Å²) in [6.45, 7) is 10.1. The third-order valence-corrected chi connectivity index (χ3v) is 4.14. The number of aryl methyl sites for hydroxylation is 1. The Labute approximate surface area is 148 Å². The fourth-order valence-corrected chi connectivity index (χ4v) is 2.92. The van der Waals surface area contributed by atoms with Crippen molar-refractivity contribution in [2.45, 2.75) is 46.7 Å². The van der Waals surface area contributed by atoms with Gasteiger partial charge in [0.05, 0.1) is 22.8 Å². The molecule has 130 valence electrons. The predicted octanol–water partition coefficient (Wildman–Crippen LogP) is 4.13. The molecule has 1 aromatic carbocycles. The molecule has 5 heteroatoms. The molecule has 0 radical (unpaired) electrons. The number of amides is 1. The van der Waals surface area contributed by atoms with Crippen LogP contribution in [0.2, 0.25) is 0 Å². The normalized spacial score (nSPS) is 11.5. The lowest BCUT2D eigenvalue weighted by atomic mass is 10.0. The van der Waals surface area contributed by atoms with E-state index < -0.39 is 0 Å². The SMILES string of the molecule is Cc1ccccc1-c1cc(C(=O)NC(C)C)c2cnn(C(C)C)c2n1. The quantitative estimate of drug-likeness (QED) is 0.779. The van der Waals surface area contributed by atoms with Crippen molar-refractivity contribution < 1.29 is 4.79 Å². The van der Waals surface area contributed by atoms with Gasteiger partial charge in [0, 0.05) is 17.6 Å². The molecule has 0 saturated carbocycles. The van der Waals surface area contributed by atoms with Gasteiger partial charge in [-0.3, -0.25) is 4.79 Å².